The largest absolute Gasteiger partial charge is 0.493 e. The molecule has 0 aliphatic heterocycles. The predicted molar refractivity (Wildman–Crippen MR) is 82.2 cm³/mol. The molecule has 6 nitrogen and oxygen atoms in total. The third kappa shape index (κ3) is 4.01. The van der Waals surface area contributed by atoms with Gasteiger partial charge < -0.3 is 25.3 Å². The van der Waals surface area contributed by atoms with Gasteiger partial charge in [0.2, 0.25) is 11.7 Å². The first kappa shape index (κ1) is 17.1. The second-order valence-electron chi connectivity index (χ2n) is 5.04. The molecule has 1 rings (SSSR count). The van der Waals surface area contributed by atoms with Gasteiger partial charge in [-0.05, 0) is 13.3 Å². The molecule has 1 atom stereocenters. The maximum absolute atomic E-state index is 12.2. The Morgan fingerprint density at radius 1 is 1.19 bits per heavy atom. The molecule has 1 aromatic carbocycles. The summed E-state index contributed by atoms with van der Waals surface area (Å²) in [5.41, 5.74) is 5.64. The van der Waals surface area contributed by atoms with E-state index in [1.807, 2.05) is 6.92 Å². The molecule has 118 valence electrons. The van der Waals surface area contributed by atoms with Crippen molar-refractivity contribution in [3.8, 4) is 17.2 Å². The molecule has 0 saturated heterocycles. The standard InChI is InChI=1S/C15H24N2O4/c1-6-7-15(2,16)14(18)17-10-8-11(19-3)13(21-5)12(9-10)20-4/h8-9H,6-7,16H2,1-5H3,(H,17,18). The van der Waals surface area contributed by atoms with E-state index in [9.17, 15) is 4.79 Å². The van der Waals surface area contributed by atoms with E-state index < -0.39 is 5.54 Å². The highest BCUT2D eigenvalue weighted by atomic mass is 16.5. The number of nitrogens with two attached hydrogens (primary N) is 1. The number of carbonyl (C=O) groups excluding carboxylic acids is 1. The summed E-state index contributed by atoms with van der Waals surface area (Å²) < 4.78 is 15.7. The van der Waals surface area contributed by atoms with Crippen molar-refractivity contribution in [1.29, 1.82) is 0 Å². The number of nitrogens with one attached hydrogen (secondary N) is 1. The molecule has 1 amide bonds. The van der Waals surface area contributed by atoms with Crippen LogP contribution in [0.5, 0.6) is 17.2 Å². The van der Waals surface area contributed by atoms with Gasteiger partial charge in [-0.2, -0.15) is 0 Å². The minimum atomic E-state index is -0.921. The summed E-state index contributed by atoms with van der Waals surface area (Å²) in [5, 5.41) is 2.79. The Morgan fingerprint density at radius 2 is 1.71 bits per heavy atom. The van der Waals surface area contributed by atoms with Gasteiger partial charge in [-0.25, -0.2) is 0 Å². The number of hydrogen-bond acceptors (Lipinski definition) is 5. The maximum atomic E-state index is 12.2. The van der Waals surface area contributed by atoms with Crippen molar-refractivity contribution >= 4 is 11.6 Å². The zero-order valence-electron chi connectivity index (χ0n) is 13.3. The number of benzene rings is 1. The Morgan fingerprint density at radius 3 is 2.10 bits per heavy atom. The van der Waals surface area contributed by atoms with Crippen LogP contribution in [0.3, 0.4) is 0 Å². The van der Waals surface area contributed by atoms with Crippen LogP contribution in [0.2, 0.25) is 0 Å². The van der Waals surface area contributed by atoms with Crippen LogP contribution < -0.4 is 25.3 Å². The average molecular weight is 296 g/mol. The lowest BCUT2D eigenvalue weighted by Gasteiger charge is -2.23. The van der Waals surface area contributed by atoms with Gasteiger partial charge in [-0.15, -0.1) is 0 Å². The van der Waals surface area contributed by atoms with E-state index in [0.717, 1.165) is 6.42 Å². The van der Waals surface area contributed by atoms with Gasteiger partial charge in [0, 0.05) is 17.8 Å². The van der Waals surface area contributed by atoms with Gasteiger partial charge in [0.25, 0.3) is 0 Å². The first-order valence-electron chi connectivity index (χ1n) is 6.80. The van der Waals surface area contributed by atoms with Crippen LogP contribution in [0.25, 0.3) is 0 Å². The highest BCUT2D eigenvalue weighted by molar-refractivity contribution is 5.98. The number of methoxy groups -OCH3 is 3. The number of anilines is 1. The minimum Gasteiger partial charge on any atom is -0.493 e. The van der Waals surface area contributed by atoms with Gasteiger partial charge in [0.05, 0.1) is 26.9 Å². The summed E-state index contributed by atoms with van der Waals surface area (Å²) in [7, 11) is 4.57. The second-order valence-corrected chi connectivity index (χ2v) is 5.04. The lowest BCUT2D eigenvalue weighted by Crippen LogP contribution is -2.48. The van der Waals surface area contributed by atoms with Crippen LogP contribution in [0.4, 0.5) is 5.69 Å². The van der Waals surface area contributed by atoms with Crippen molar-refractivity contribution in [2.24, 2.45) is 5.73 Å². The molecule has 0 fully saturated rings. The lowest BCUT2D eigenvalue weighted by molar-refractivity contribution is -0.120. The van der Waals surface area contributed by atoms with E-state index in [4.69, 9.17) is 19.9 Å². The molecule has 0 spiro atoms. The summed E-state index contributed by atoms with van der Waals surface area (Å²) in [6.07, 6.45) is 1.43. The van der Waals surface area contributed by atoms with Gasteiger partial charge in [-0.1, -0.05) is 13.3 Å². The van der Waals surface area contributed by atoms with E-state index in [0.29, 0.717) is 29.4 Å². The monoisotopic (exact) mass is 296 g/mol. The highest BCUT2D eigenvalue weighted by Gasteiger charge is 2.27. The molecule has 0 aliphatic rings. The summed E-state index contributed by atoms with van der Waals surface area (Å²) in [4.78, 5) is 12.2. The topological polar surface area (TPSA) is 82.8 Å². The molecule has 0 heterocycles. The van der Waals surface area contributed by atoms with Crippen LogP contribution in [0.1, 0.15) is 26.7 Å². The number of carbonyl (C=O) groups is 1. The van der Waals surface area contributed by atoms with Crippen LogP contribution in [-0.4, -0.2) is 32.8 Å². The molecule has 1 unspecified atom stereocenters. The maximum Gasteiger partial charge on any atom is 0.244 e. The minimum absolute atomic E-state index is 0.251. The number of amides is 1. The highest BCUT2D eigenvalue weighted by Crippen LogP contribution is 2.40. The number of ether oxygens (including phenoxy) is 3. The Kier molecular flexibility index (Phi) is 5.84. The summed E-state index contributed by atoms with van der Waals surface area (Å²) in [6.45, 7) is 3.70. The normalized spacial score (nSPS) is 13.2. The van der Waals surface area contributed by atoms with Crippen LogP contribution >= 0.6 is 0 Å². The number of hydrogen-bond donors (Lipinski definition) is 2. The van der Waals surface area contributed by atoms with E-state index >= 15 is 0 Å². The van der Waals surface area contributed by atoms with E-state index in [1.165, 1.54) is 21.3 Å². The fraction of sp³-hybridized carbons (Fsp3) is 0.533. The Balaban J connectivity index is 3.07. The smallest absolute Gasteiger partial charge is 0.244 e. The van der Waals surface area contributed by atoms with Crippen molar-refractivity contribution in [3.05, 3.63) is 12.1 Å². The van der Waals surface area contributed by atoms with E-state index in [2.05, 4.69) is 5.32 Å². The van der Waals surface area contributed by atoms with Crippen molar-refractivity contribution < 1.29 is 19.0 Å². The molecule has 3 N–H and O–H groups in total. The van der Waals surface area contributed by atoms with Crippen molar-refractivity contribution in [2.45, 2.75) is 32.2 Å². The molecule has 21 heavy (non-hydrogen) atoms. The summed E-state index contributed by atoms with van der Waals surface area (Å²) in [6, 6.07) is 3.34. The predicted octanol–water partition coefficient (Wildman–Crippen LogP) is 2.17. The first-order chi connectivity index (χ1) is 9.89. The number of rotatable bonds is 7. The Labute approximate surface area is 125 Å². The quantitative estimate of drug-likeness (QED) is 0.805. The van der Waals surface area contributed by atoms with Gasteiger partial charge >= 0.3 is 0 Å². The fourth-order valence-electron chi connectivity index (χ4n) is 2.06. The third-order valence-corrected chi connectivity index (χ3v) is 3.21. The average Bonchev–Trinajstić information content (AvgIpc) is 2.45. The van der Waals surface area contributed by atoms with Gasteiger partial charge in [-0.3, -0.25) is 4.79 Å². The summed E-state index contributed by atoms with van der Waals surface area (Å²) in [5.74, 6) is 1.17. The van der Waals surface area contributed by atoms with Crippen LogP contribution in [0.15, 0.2) is 12.1 Å². The molecule has 0 aliphatic carbocycles. The van der Waals surface area contributed by atoms with Gasteiger partial charge in [0.15, 0.2) is 11.5 Å². The zero-order valence-corrected chi connectivity index (χ0v) is 13.3. The molecule has 0 radical (unpaired) electrons. The molecular formula is C15H24N2O4. The lowest BCUT2D eigenvalue weighted by atomic mass is 9.96. The van der Waals surface area contributed by atoms with Crippen molar-refractivity contribution in [3.63, 3.8) is 0 Å². The van der Waals surface area contributed by atoms with E-state index in [1.54, 1.807) is 19.1 Å². The zero-order chi connectivity index (χ0) is 16.0. The molecule has 0 bridgehead atoms. The SMILES string of the molecule is CCCC(C)(N)C(=O)Nc1cc(OC)c(OC)c(OC)c1. The van der Waals surface area contributed by atoms with E-state index in [-0.39, 0.29) is 5.91 Å². The van der Waals surface area contributed by atoms with Crippen molar-refractivity contribution in [1.82, 2.24) is 0 Å². The molecule has 1 aromatic rings. The third-order valence-electron chi connectivity index (χ3n) is 3.21. The molecule has 0 aromatic heterocycles. The van der Waals surface area contributed by atoms with Gasteiger partial charge in [0.1, 0.15) is 0 Å². The van der Waals surface area contributed by atoms with Crippen LogP contribution in [0, 0.1) is 0 Å². The summed E-state index contributed by atoms with van der Waals surface area (Å²) >= 11 is 0. The molecule has 0 saturated carbocycles. The Hall–Kier alpha value is -1.95. The Bertz CT molecular complexity index is 475. The van der Waals surface area contributed by atoms with Crippen molar-refractivity contribution in [2.75, 3.05) is 26.6 Å². The molecular weight excluding hydrogens is 272 g/mol. The second kappa shape index (κ2) is 7.17. The first-order valence-corrected chi connectivity index (χ1v) is 6.80. The molecule has 6 heteroatoms. The van der Waals surface area contributed by atoms with Crippen LogP contribution in [-0.2, 0) is 4.79 Å². The fourth-order valence-corrected chi connectivity index (χ4v) is 2.06.